The number of aliphatic hydroxyl groups excluding tert-OH is 1. The zero-order valence-corrected chi connectivity index (χ0v) is 12.1. The lowest BCUT2D eigenvalue weighted by Crippen LogP contribution is -2.18. The van der Waals surface area contributed by atoms with Crippen molar-refractivity contribution in [3.8, 4) is 0 Å². The number of hydrogen-bond donors (Lipinski definition) is 3. The van der Waals surface area contributed by atoms with Gasteiger partial charge in [-0.2, -0.15) is 0 Å². The lowest BCUT2D eigenvalue weighted by Gasteiger charge is -2.16. The molecule has 1 aliphatic rings. The quantitative estimate of drug-likeness (QED) is 0.720. The molecule has 100 valence electrons. The van der Waals surface area contributed by atoms with Gasteiger partial charge in [0.15, 0.2) is 0 Å². The number of nitrogens with one attached hydrogen (secondary N) is 2. The third kappa shape index (κ3) is 3.11. The van der Waals surface area contributed by atoms with Crippen molar-refractivity contribution in [2.75, 3.05) is 30.3 Å². The number of hydrogen-bond acceptors (Lipinski definition) is 5. The third-order valence-corrected chi connectivity index (χ3v) is 4.11. The first-order valence-corrected chi connectivity index (χ1v) is 7.09. The maximum absolute atomic E-state index is 9.04. The van der Waals surface area contributed by atoms with Crippen molar-refractivity contribution in [1.29, 1.82) is 0 Å². The molecule has 0 radical (unpaired) electrons. The third-order valence-electron chi connectivity index (χ3n) is 3.36. The molecule has 1 fully saturated rings. The van der Waals surface area contributed by atoms with E-state index in [0.29, 0.717) is 0 Å². The summed E-state index contributed by atoms with van der Waals surface area (Å²) >= 11 is 3.51. The molecule has 1 aliphatic carbocycles. The molecule has 1 heterocycles. The first-order valence-electron chi connectivity index (χ1n) is 6.30. The van der Waals surface area contributed by atoms with Gasteiger partial charge in [0.25, 0.3) is 0 Å². The molecule has 0 aromatic carbocycles. The summed E-state index contributed by atoms with van der Waals surface area (Å²) < 4.78 is 0.867. The van der Waals surface area contributed by atoms with Gasteiger partial charge in [-0.05, 0) is 47.5 Å². The van der Waals surface area contributed by atoms with E-state index in [0.717, 1.165) is 35.6 Å². The fraction of sp³-hybridized carbons (Fsp3) is 0.667. The van der Waals surface area contributed by atoms with Gasteiger partial charge in [0.1, 0.15) is 22.4 Å². The molecule has 1 aromatic rings. The zero-order valence-electron chi connectivity index (χ0n) is 10.5. The average Bonchev–Trinajstić information content (AvgIpc) is 3.11. The average molecular weight is 315 g/mol. The first kappa shape index (κ1) is 13.5. The summed E-state index contributed by atoms with van der Waals surface area (Å²) in [6.07, 6.45) is 4.78. The Morgan fingerprint density at radius 3 is 2.56 bits per heavy atom. The van der Waals surface area contributed by atoms with Crippen LogP contribution >= 0.6 is 15.9 Å². The van der Waals surface area contributed by atoms with Gasteiger partial charge in [-0.25, -0.2) is 9.97 Å². The topological polar surface area (TPSA) is 70.1 Å². The van der Waals surface area contributed by atoms with Crippen LogP contribution in [0.15, 0.2) is 10.8 Å². The molecule has 0 atom stereocenters. The minimum atomic E-state index is 0.259. The van der Waals surface area contributed by atoms with Crippen molar-refractivity contribution in [3.63, 3.8) is 0 Å². The van der Waals surface area contributed by atoms with E-state index in [4.69, 9.17) is 5.11 Å². The Labute approximate surface area is 116 Å². The molecule has 3 N–H and O–H groups in total. The van der Waals surface area contributed by atoms with E-state index in [1.165, 1.54) is 12.8 Å². The molecule has 0 unspecified atom stereocenters. The van der Waals surface area contributed by atoms with Gasteiger partial charge in [-0.1, -0.05) is 0 Å². The molecular weight excluding hydrogens is 296 g/mol. The molecule has 1 aromatic heterocycles. The van der Waals surface area contributed by atoms with Crippen LogP contribution in [-0.2, 0) is 0 Å². The smallest absolute Gasteiger partial charge is 0.145 e. The van der Waals surface area contributed by atoms with E-state index >= 15 is 0 Å². The number of nitrogens with zero attached hydrogens (tertiary/aromatic N) is 2. The zero-order chi connectivity index (χ0) is 13.0. The van der Waals surface area contributed by atoms with Gasteiger partial charge in [0.05, 0.1) is 0 Å². The maximum atomic E-state index is 9.04. The molecule has 0 aliphatic heterocycles. The highest BCUT2D eigenvalue weighted by molar-refractivity contribution is 9.10. The number of halogens is 1. The van der Waals surface area contributed by atoms with Gasteiger partial charge in [0, 0.05) is 19.7 Å². The van der Waals surface area contributed by atoms with E-state index in [9.17, 15) is 0 Å². The van der Waals surface area contributed by atoms with Gasteiger partial charge >= 0.3 is 0 Å². The van der Waals surface area contributed by atoms with Crippen molar-refractivity contribution >= 4 is 27.6 Å². The molecule has 0 amide bonds. The van der Waals surface area contributed by atoms with Gasteiger partial charge in [-0.15, -0.1) is 0 Å². The Hall–Kier alpha value is -0.880. The second kappa shape index (κ2) is 5.84. The van der Waals surface area contributed by atoms with Gasteiger partial charge in [0.2, 0.25) is 0 Å². The van der Waals surface area contributed by atoms with E-state index in [1.807, 2.05) is 6.92 Å². The van der Waals surface area contributed by atoms with Crippen molar-refractivity contribution in [1.82, 2.24) is 9.97 Å². The van der Waals surface area contributed by atoms with Crippen LogP contribution in [0.1, 0.15) is 26.2 Å². The molecular formula is C12H19BrN4O. The van der Waals surface area contributed by atoms with Crippen molar-refractivity contribution in [2.45, 2.75) is 26.2 Å². The SMILES string of the molecule is CCNc1ncnc(NCC2(CCO)CC2)c1Br. The normalized spacial score (nSPS) is 16.4. The Balaban J connectivity index is 1.99. The van der Waals surface area contributed by atoms with Crippen LogP contribution in [0, 0.1) is 5.41 Å². The second-order valence-corrected chi connectivity index (χ2v) is 5.54. The van der Waals surface area contributed by atoms with Crippen molar-refractivity contribution in [3.05, 3.63) is 10.8 Å². The first-order chi connectivity index (χ1) is 8.71. The molecule has 5 nitrogen and oxygen atoms in total. The largest absolute Gasteiger partial charge is 0.396 e. The summed E-state index contributed by atoms with van der Waals surface area (Å²) in [4.78, 5) is 8.42. The highest BCUT2D eigenvalue weighted by atomic mass is 79.9. The Morgan fingerprint density at radius 2 is 2.00 bits per heavy atom. The van der Waals surface area contributed by atoms with E-state index in [1.54, 1.807) is 6.33 Å². The van der Waals surface area contributed by atoms with Crippen molar-refractivity contribution in [2.24, 2.45) is 5.41 Å². The molecule has 0 bridgehead atoms. The lowest BCUT2D eigenvalue weighted by molar-refractivity contribution is 0.253. The summed E-state index contributed by atoms with van der Waals surface area (Å²) in [6, 6.07) is 0. The molecule has 0 saturated heterocycles. The fourth-order valence-electron chi connectivity index (χ4n) is 1.98. The van der Waals surface area contributed by atoms with Crippen LogP contribution in [-0.4, -0.2) is 34.8 Å². The monoisotopic (exact) mass is 314 g/mol. The van der Waals surface area contributed by atoms with E-state index in [2.05, 4.69) is 36.5 Å². The highest BCUT2D eigenvalue weighted by Crippen LogP contribution is 2.48. The van der Waals surface area contributed by atoms with Crippen LogP contribution in [0.3, 0.4) is 0 Å². The minimum Gasteiger partial charge on any atom is -0.396 e. The number of aromatic nitrogens is 2. The highest BCUT2D eigenvalue weighted by Gasteiger charge is 2.41. The molecule has 6 heteroatoms. The predicted molar refractivity (Wildman–Crippen MR) is 75.8 cm³/mol. The summed E-state index contributed by atoms with van der Waals surface area (Å²) in [5.74, 6) is 1.62. The van der Waals surface area contributed by atoms with Crippen LogP contribution in [0.5, 0.6) is 0 Å². The van der Waals surface area contributed by atoms with Crippen molar-refractivity contribution < 1.29 is 5.11 Å². The maximum Gasteiger partial charge on any atom is 0.145 e. The summed E-state index contributed by atoms with van der Waals surface area (Å²) in [6.45, 7) is 3.97. The molecule has 2 rings (SSSR count). The van der Waals surface area contributed by atoms with Crippen LogP contribution in [0.4, 0.5) is 11.6 Å². The van der Waals surface area contributed by atoms with Crippen LogP contribution < -0.4 is 10.6 Å². The van der Waals surface area contributed by atoms with Crippen LogP contribution in [0.25, 0.3) is 0 Å². The van der Waals surface area contributed by atoms with Crippen LogP contribution in [0.2, 0.25) is 0 Å². The number of aliphatic hydroxyl groups is 1. The Kier molecular flexibility index (Phi) is 4.40. The second-order valence-electron chi connectivity index (χ2n) is 4.74. The molecule has 1 saturated carbocycles. The Morgan fingerprint density at radius 1 is 1.33 bits per heavy atom. The minimum absolute atomic E-state index is 0.259. The molecule has 18 heavy (non-hydrogen) atoms. The van der Waals surface area contributed by atoms with E-state index in [-0.39, 0.29) is 12.0 Å². The number of rotatable bonds is 7. The summed E-state index contributed by atoms with van der Waals surface area (Å²) in [7, 11) is 0. The number of anilines is 2. The summed E-state index contributed by atoms with van der Waals surface area (Å²) in [5.41, 5.74) is 0.275. The summed E-state index contributed by atoms with van der Waals surface area (Å²) in [5, 5.41) is 15.6. The Bertz CT molecular complexity index is 409. The standard InChI is InChI=1S/C12H19BrN4O/c1-2-14-10-9(13)11(17-8-16-10)15-7-12(3-4-12)5-6-18/h8,18H,2-7H2,1H3,(H2,14,15,16,17). The van der Waals surface area contributed by atoms with E-state index < -0.39 is 0 Å². The van der Waals surface area contributed by atoms with Gasteiger partial charge < -0.3 is 15.7 Å². The fourth-order valence-corrected chi connectivity index (χ4v) is 2.47. The predicted octanol–water partition coefficient (Wildman–Crippen LogP) is 2.25. The molecule has 0 spiro atoms. The van der Waals surface area contributed by atoms with Gasteiger partial charge in [-0.3, -0.25) is 0 Å². The lowest BCUT2D eigenvalue weighted by atomic mass is 10.0.